The molecule has 2 aromatic carbocycles. The lowest BCUT2D eigenvalue weighted by molar-refractivity contribution is 0.398. The average molecular weight is 334 g/mol. The lowest BCUT2D eigenvalue weighted by Crippen LogP contribution is -1.96. The summed E-state index contributed by atoms with van der Waals surface area (Å²) < 4.78 is 5.37. The van der Waals surface area contributed by atoms with Crippen molar-refractivity contribution in [1.82, 2.24) is 9.97 Å². The molecule has 0 unspecified atom stereocenters. The van der Waals surface area contributed by atoms with Gasteiger partial charge in [0, 0.05) is 21.5 Å². The molecule has 116 valence electrons. The topological polar surface area (TPSA) is 61.7 Å². The van der Waals surface area contributed by atoms with Crippen LogP contribution >= 0.6 is 11.6 Å². The highest BCUT2D eigenvalue weighted by molar-refractivity contribution is 6.30. The van der Waals surface area contributed by atoms with Crippen molar-refractivity contribution >= 4 is 33.5 Å². The van der Waals surface area contributed by atoms with Crippen LogP contribution in [-0.2, 0) is 0 Å². The smallest absolute Gasteiger partial charge is 0.232 e. The normalized spacial score (nSPS) is 10.9. The predicted octanol–water partition coefficient (Wildman–Crippen LogP) is 4.92. The van der Waals surface area contributed by atoms with E-state index < -0.39 is 0 Å². The second-order valence-electron chi connectivity index (χ2n) is 5.38. The SMILES string of the molecule is COc1nc2c([nH]c3ccccc32)c(-c2ccc(Cl)cc2)c1C#N. The van der Waals surface area contributed by atoms with Gasteiger partial charge < -0.3 is 9.72 Å². The molecule has 4 rings (SSSR count). The van der Waals surface area contributed by atoms with Crippen LogP contribution in [0.5, 0.6) is 5.88 Å². The lowest BCUT2D eigenvalue weighted by Gasteiger charge is -2.10. The number of hydrogen-bond donors (Lipinski definition) is 1. The van der Waals surface area contributed by atoms with E-state index in [1.165, 1.54) is 7.11 Å². The first-order valence-corrected chi connectivity index (χ1v) is 7.75. The van der Waals surface area contributed by atoms with Gasteiger partial charge in [0.1, 0.15) is 17.1 Å². The van der Waals surface area contributed by atoms with Crippen molar-refractivity contribution in [2.45, 2.75) is 0 Å². The number of H-pyrrole nitrogens is 1. The molecule has 0 spiro atoms. The number of pyridine rings is 1. The van der Waals surface area contributed by atoms with Crippen LogP contribution in [0.2, 0.25) is 5.02 Å². The summed E-state index contributed by atoms with van der Waals surface area (Å²) in [5.74, 6) is 0.319. The second-order valence-corrected chi connectivity index (χ2v) is 5.82. The van der Waals surface area contributed by atoms with Gasteiger partial charge in [-0.15, -0.1) is 0 Å². The van der Waals surface area contributed by atoms with Gasteiger partial charge >= 0.3 is 0 Å². The quantitative estimate of drug-likeness (QED) is 0.566. The minimum absolute atomic E-state index is 0.319. The maximum atomic E-state index is 9.67. The number of nitriles is 1. The van der Waals surface area contributed by atoms with Crippen LogP contribution in [-0.4, -0.2) is 17.1 Å². The van der Waals surface area contributed by atoms with Crippen LogP contribution < -0.4 is 4.74 Å². The Balaban J connectivity index is 2.19. The summed E-state index contributed by atoms with van der Waals surface area (Å²) in [6, 6.07) is 17.5. The van der Waals surface area contributed by atoms with Gasteiger partial charge in [0.2, 0.25) is 5.88 Å². The summed E-state index contributed by atoms with van der Waals surface area (Å²) in [7, 11) is 1.52. The summed E-state index contributed by atoms with van der Waals surface area (Å²) in [6.07, 6.45) is 0. The van der Waals surface area contributed by atoms with E-state index in [2.05, 4.69) is 16.0 Å². The van der Waals surface area contributed by atoms with Crippen LogP contribution in [0.4, 0.5) is 0 Å². The van der Waals surface area contributed by atoms with Crippen LogP contribution in [0.3, 0.4) is 0 Å². The summed E-state index contributed by atoms with van der Waals surface area (Å²) in [4.78, 5) is 7.94. The molecule has 4 nitrogen and oxygen atoms in total. The molecule has 4 aromatic rings. The monoisotopic (exact) mass is 333 g/mol. The summed E-state index contributed by atoms with van der Waals surface area (Å²) in [5, 5.41) is 11.3. The van der Waals surface area contributed by atoms with E-state index in [0.717, 1.165) is 33.1 Å². The maximum Gasteiger partial charge on any atom is 0.232 e. The number of rotatable bonds is 2. The number of nitrogens with zero attached hydrogens (tertiary/aromatic N) is 2. The molecular weight excluding hydrogens is 322 g/mol. The van der Waals surface area contributed by atoms with Crippen LogP contribution in [0, 0.1) is 11.3 Å². The Morgan fingerprint density at radius 1 is 1.12 bits per heavy atom. The van der Waals surface area contributed by atoms with Gasteiger partial charge in [0.05, 0.1) is 12.6 Å². The van der Waals surface area contributed by atoms with E-state index in [1.807, 2.05) is 36.4 Å². The first-order valence-electron chi connectivity index (χ1n) is 7.37. The van der Waals surface area contributed by atoms with Crippen LogP contribution in [0.15, 0.2) is 48.5 Å². The number of fused-ring (bicyclic) bond motifs is 3. The van der Waals surface area contributed by atoms with Gasteiger partial charge in [-0.2, -0.15) is 5.26 Å². The van der Waals surface area contributed by atoms with E-state index >= 15 is 0 Å². The molecule has 0 radical (unpaired) electrons. The minimum atomic E-state index is 0.319. The van der Waals surface area contributed by atoms with Crippen molar-refractivity contribution in [3.8, 4) is 23.1 Å². The van der Waals surface area contributed by atoms with E-state index in [4.69, 9.17) is 16.3 Å². The van der Waals surface area contributed by atoms with Gasteiger partial charge in [-0.25, -0.2) is 4.98 Å². The molecule has 0 aliphatic carbocycles. The number of methoxy groups -OCH3 is 1. The molecule has 0 atom stereocenters. The average Bonchev–Trinajstić information content (AvgIpc) is 2.99. The van der Waals surface area contributed by atoms with Gasteiger partial charge in [0.25, 0.3) is 0 Å². The highest BCUT2D eigenvalue weighted by Gasteiger charge is 2.20. The molecule has 0 fully saturated rings. The number of para-hydroxylation sites is 1. The van der Waals surface area contributed by atoms with Crippen molar-refractivity contribution in [2.75, 3.05) is 7.11 Å². The zero-order valence-corrected chi connectivity index (χ0v) is 13.6. The van der Waals surface area contributed by atoms with Crippen molar-refractivity contribution in [2.24, 2.45) is 0 Å². The minimum Gasteiger partial charge on any atom is -0.480 e. The fraction of sp³-hybridized carbons (Fsp3) is 0.0526. The van der Waals surface area contributed by atoms with Crippen molar-refractivity contribution in [1.29, 1.82) is 5.26 Å². The highest BCUT2D eigenvalue weighted by Crippen LogP contribution is 2.38. The Hall–Kier alpha value is -3.03. The van der Waals surface area contributed by atoms with E-state index in [-0.39, 0.29) is 0 Å². The number of ether oxygens (including phenoxy) is 1. The van der Waals surface area contributed by atoms with E-state index in [1.54, 1.807) is 12.1 Å². The third-order valence-corrected chi connectivity index (χ3v) is 4.30. The number of benzene rings is 2. The fourth-order valence-corrected chi connectivity index (χ4v) is 3.10. The molecular formula is C19H12ClN3O. The summed E-state index contributed by atoms with van der Waals surface area (Å²) >= 11 is 6.00. The first kappa shape index (κ1) is 14.6. The Kier molecular flexibility index (Phi) is 3.37. The van der Waals surface area contributed by atoms with E-state index in [0.29, 0.717) is 16.5 Å². The zero-order valence-electron chi connectivity index (χ0n) is 12.8. The first-order chi connectivity index (χ1) is 11.7. The van der Waals surface area contributed by atoms with Gasteiger partial charge in [-0.05, 0) is 23.8 Å². The largest absolute Gasteiger partial charge is 0.480 e. The Bertz CT molecular complexity index is 1110. The molecule has 0 saturated carbocycles. The van der Waals surface area contributed by atoms with E-state index in [9.17, 15) is 5.26 Å². The molecule has 2 heterocycles. The van der Waals surface area contributed by atoms with Crippen LogP contribution in [0.25, 0.3) is 33.1 Å². The highest BCUT2D eigenvalue weighted by atomic mass is 35.5. The molecule has 0 saturated heterocycles. The van der Waals surface area contributed by atoms with Gasteiger partial charge in [0.15, 0.2) is 0 Å². The Morgan fingerprint density at radius 3 is 2.58 bits per heavy atom. The Labute approximate surface area is 143 Å². The number of aromatic nitrogens is 2. The summed E-state index contributed by atoms with van der Waals surface area (Å²) in [6.45, 7) is 0. The van der Waals surface area contributed by atoms with Crippen molar-refractivity contribution < 1.29 is 4.74 Å². The molecule has 5 heteroatoms. The lowest BCUT2D eigenvalue weighted by atomic mass is 10.00. The van der Waals surface area contributed by atoms with Gasteiger partial charge in [-0.3, -0.25) is 0 Å². The zero-order chi connectivity index (χ0) is 16.7. The van der Waals surface area contributed by atoms with Crippen LogP contribution in [0.1, 0.15) is 5.56 Å². The molecule has 0 aliphatic rings. The standard InChI is InChI=1S/C19H12ClN3O/c1-24-19-14(10-21)16(11-6-8-12(20)9-7-11)18-17(23-19)13-4-2-3-5-15(13)22-18/h2-9,22H,1H3. The molecule has 0 amide bonds. The van der Waals surface area contributed by atoms with Gasteiger partial charge in [-0.1, -0.05) is 41.9 Å². The second kappa shape index (κ2) is 5.55. The molecule has 0 aliphatic heterocycles. The molecule has 24 heavy (non-hydrogen) atoms. The molecule has 0 bridgehead atoms. The number of halogens is 1. The predicted molar refractivity (Wildman–Crippen MR) is 95.3 cm³/mol. The van der Waals surface area contributed by atoms with Crippen molar-refractivity contribution in [3.63, 3.8) is 0 Å². The molecule has 1 N–H and O–H groups in total. The fourth-order valence-electron chi connectivity index (χ4n) is 2.97. The molecule has 2 aromatic heterocycles. The maximum absolute atomic E-state index is 9.67. The number of nitrogens with one attached hydrogen (secondary N) is 1. The third kappa shape index (κ3) is 2.10. The third-order valence-electron chi connectivity index (χ3n) is 4.04. The Morgan fingerprint density at radius 2 is 1.88 bits per heavy atom. The number of aromatic amines is 1. The summed E-state index contributed by atoms with van der Waals surface area (Å²) in [5.41, 5.74) is 4.62. The number of hydrogen-bond acceptors (Lipinski definition) is 3. The van der Waals surface area contributed by atoms with Crippen molar-refractivity contribution in [3.05, 3.63) is 59.1 Å².